The van der Waals surface area contributed by atoms with Gasteiger partial charge in [-0.3, -0.25) is 0 Å². The topological polar surface area (TPSA) is 80.2 Å². The molecule has 3 N–H and O–H groups in total. The van der Waals surface area contributed by atoms with Crippen molar-refractivity contribution in [3.63, 3.8) is 0 Å². The van der Waals surface area contributed by atoms with E-state index in [2.05, 4.69) is 16.8 Å². The molecule has 1 aromatic carbocycles. The van der Waals surface area contributed by atoms with Crippen molar-refractivity contribution in [1.82, 2.24) is 14.5 Å². The number of aromatic nitrogens is 3. The number of nitrogen functional groups attached to an aromatic ring is 1. The maximum atomic E-state index is 14.2. The van der Waals surface area contributed by atoms with Gasteiger partial charge in [-0.25, -0.2) is 14.4 Å². The van der Waals surface area contributed by atoms with E-state index >= 15 is 0 Å². The fraction of sp³-hybridized carbons (Fsp3) is 0.368. The molecule has 0 spiro atoms. The summed E-state index contributed by atoms with van der Waals surface area (Å²) < 4.78 is 16.1. The molecule has 1 saturated heterocycles. The molecule has 0 aliphatic carbocycles. The molecule has 7 heteroatoms. The van der Waals surface area contributed by atoms with Gasteiger partial charge in [0.25, 0.3) is 0 Å². The summed E-state index contributed by atoms with van der Waals surface area (Å²) in [5.74, 6) is 0.499. The summed E-state index contributed by atoms with van der Waals surface area (Å²) in [6.45, 7) is 3.03. The van der Waals surface area contributed by atoms with E-state index in [1.54, 1.807) is 12.3 Å². The van der Waals surface area contributed by atoms with Crippen LogP contribution in [0.15, 0.2) is 30.5 Å². The van der Waals surface area contributed by atoms with Gasteiger partial charge >= 0.3 is 0 Å². The van der Waals surface area contributed by atoms with Crippen LogP contribution >= 0.6 is 0 Å². The number of rotatable bonds is 3. The number of nitrogens with two attached hydrogens (primary N) is 1. The number of hydrogen-bond acceptors (Lipinski definition) is 5. The first-order valence-electron chi connectivity index (χ1n) is 8.74. The fourth-order valence-electron chi connectivity index (χ4n) is 3.92. The molecule has 2 aromatic heterocycles. The molecule has 3 heterocycles. The minimum atomic E-state index is -0.413. The predicted molar refractivity (Wildman–Crippen MR) is 100 cm³/mol. The van der Waals surface area contributed by atoms with Gasteiger partial charge in [-0.2, -0.15) is 0 Å². The van der Waals surface area contributed by atoms with Gasteiger partial charge in [-0.05, 0) is 36.6 Å². The highest BCUT2D eigenvalue weighted by molar-refractivity contribution is 5.98. The standard InChI is InChI=1S/C19H22FN5O/c1-11-8-12(10-26)25(9-11)18-14(21)5-6-15-17(18)23-19(24(15)2)16-13(20)4-3-7-22-16/h3-7,11-12,26H,8-10,21H2,1-2H3/t11-,12+/m1/s1. The Hall–Kier alpha value is -2.67. The van der Waals surface area contributed by atoms with E-state index in [-0.39, 0.29) is 18.3 Å². The molecule has 0 amide bonds. The number of benzene rings is 1. The summed E-state index contributed by atoms with van der Waals surface area (Å²) in [6.07, 6.45) is 2.46. The molecular weight excluding hydrogens is 333 g/mol. The molecule has 0 radical (unpaired) electrons. The highest BCUT2D eigenvalue weighted by atomic mass is 19.1. The van der Waals surface area contributed by atoms with Crippen molar-refractivity contribution in [2.24, 2.45) is 13.0 Å². The highest BCUT2D eigenvalue weighted by Gasteiger charge is 2.32. The molecule has 136 valence electrons. The zero-order valence-electron chi connectivity index (χ0n) is 14.9. The normalized spacial score (nSPS) is 20.2. The average molecular weight is 355 g/mol. The van der Waals surface area contributed by atoms with Crippen molar-refractivity contribution >= 4 is 22.4 Å². The summed E-state index contributed by atoms with van der Waals surface area (Å²) in [5.41, 5.74) is 9.48. The van der Waals surface area contributed by atoms with Crippen molar-refractivity contribution in [2.75, 3.05) is 23.8 Å². The molecular formula is C19H22FN5O. The van der Waals surface area contributed by atoms with E-state index < -0.39 is 5.82 Å². The summed E-state index contributed by atoms with van der Waals surface area (Å²) >= 11 is 0. The first-order chi connectivity index (χ1) is 12.5. The van der Waals surface area contributed by atoms with Gasteiger partial charge in [0.2, 0.25) is 0 Å². The van der Waals surface area contributed by atoms with E-state index in [1.165, 1.54) is 6.07 Å². The Balaban J connectivity index is 1.94. The number of nitrogens with zero attached hydrogens (tertiary/aromatic N) is 4. The second-order valence-electron chi connectivity index (χ2n) is 7.03. The summed E-state index contributed by atoms with van der Waals surface area (Å²) in [7, 11) is 1.84. The zero-order valence-corrected chi connectivity index (χ0v) is 14.9. The maximum Gasteiger partial charge on any atom is 0.162 e. The fourth-order valence-corrected chi connectivity index (χ4v) is 3.92. The number of aryl methyl sites for hydroxylation is 1. The Morgan fingerprint density at radius 1 is 1.35 bits per heavy atom. The van der Waals surface area contributed by atoms with Crippen LogP contribution in [-0.2, 0) is 7.05 Å². The van der Waals surface area contributed by atoms with Crippen molar-refractivity contribution in [3.8, 4) is 11.5 Å². The van der Waals surface area contributed by atoms with Gasteiger partial charge in [0.05, 0.1) is 29.5 Å². The highest BCUT2D eigenvalue weighted by Crippen LogP contribution is 2.39. The van der Waals surface area contributed by atoms with Crippen molar-refractivity contribution < 1.29 is 9.50 Å². The summed E-state index contributed by atoms with van der Waals surface area (Å²) in [5, 5.41) is 9.79. The maximum absolute atomic E-state index is 14.2. The quantitative estimate of drug-likeness (QED) is 0.706. The molecule has 26 heavy (non-hydrogen) atoms. The number of hydrogen-bond donors (Lipinski definition) is 2. The van der Waals surface area contributed by atoms with Crippen LogP contribution in [0, 0.1) is 11.7 Å². The van der Waals surface area contributed by atoms with Gasteiger partial charge in [-0.15, -0.1) is 0 Å². The van der Waals surface area contributed by atoms with Crippen molar-refractivity contribution in [1.29, 1.82) is 0 Å². The third-order valence-electron chi connectivity index (χ3n) is 5.15. The Kier molecular flexibility index (Phi) is 4.03. The molecule has 0 bridgehead atoms. The lowest BCUT2D eigenvalue weighted by molar-refractivity contribution is 0.264. The Bertz CT molecular complexity index is 970. The molecule has 1 fully saturated rings. The largest absolute Gasteiger partial charge is 0.397 e. The van der Waals surface area contributed by atoms with E-state index in [0.717, 1.165) is 24.2 Å². The van der Waals surface area contributed by atoms with E-state index in [9.17, 15) is 9.50 Å². The minimum absolute atomic E-state index is 0.00921. The van der Waals surface area contributed by atoms with Crippen LogP contribution in [0.1, 0.15) is 13.3 Å². The first kappa shape index (κ1) is 16.8. The van der Waals surface area contributed by atoms with E-state index in [1.807, 2.05) is 23.7 Å². The van der Waals surface area contributed by atoms with Crippen LogP contribution in [0.3, 0.4) is 0 Å². The first-order valence-corrected chi connectivity index (χ1v) is 8.74. The smallest absolute Gasteiger partial charge is 0.162 e. The molecule has 4 rings (SSSR count). The predicted octanol–water partition coefficient (Wildman–Crippen LogP) is 2.56. The second kappa shape index (κ2) is 6.25. The number of aliphatic hydroxyl groups is 1. The number of halogens is 1. The van der Waals surface area contributed by atoms with Crippen molar-refractivity contribution in [2.45, 2.75) is 19.4 Å². The summed E-state index contributed by atoms with van der Waals surface area (Å²) in [4.78, 5) is 11.0. The van der Waals surface area contributed by atoms with E-state index in [4.69, 9.17) is 10.7 Å². The third kappa shape index (κ3) is 2.50. The molecule has 0 saturated carbocycles. The van der Waals surface area contributed by atoms with Gasteiger partial charge in [0, 0.05) is 19.8 Å². The van der Waals surface area contributed by atoms with Gasteiger partial charge in [0.1, 0.15) is 11.2 Å². The van der Waals surface area contributed by atoms with Crippen molar-refractivity contribution in [3.05, 3.63) is 36.3 Å². The van der Waals surface area contributed by atoms with Crippen LogP contribution < -0.4 is 10.6 Å². The SMILES string of the molecule is C[C@@H]1C[C@@H](CO)N(c2c(N)ccc3c2nc(-c2ncccc2F)n3C)C1. The van der Waals surface area contributed by atoms with Gasteiger partial charge in [0.15, 0.2) is 11.6 Å². The number of fused-ring (bicyclic) bond motifs is 1. The van der Waals surface area contributed by atoms with Gasteiger partial charge < -0.3 is 20.3 Å². The Morgan fingerprint density at radius 2 is 2.15 bits per heavy atom. The number of imidazole rings is 1. The second-order valence-corrected chi connectivity index (χ2v) is 7.03. The Labute approximate surface area is 151 Å². The van der Waals surface area contributed by atoms with Crippen LogP contribution in [0.2, 0.25) is 0 Å². The van der Waals surface area contributed by atoms with Crippen LogP contribution in [0.5, 0.6) is 0 Å². The lowest BCUT2D eigenvalue weighted by atomic mass is 10.1. The van der Waals surface area contributed by atoms with Crippen LogP contribution in [0.25, 0.3) is 22.6 Å². The molecule has 1 aliphatic heterocycles. The lowest BCUT2D eigenvalue weighted by Crippen LogP contribution is -2.33. The number of aliphatic hydroxyl groups excluding tert-OH is 1. The third-order valence-corrected chi connectivity index (χ3v) is 5.15. The molecule has 0 unspecified atom stereocenters. The molecule has 3 aromatic rings. The van der Waals surface area contributed by atoms with Crippen LogP contribution in [-0.4, -0.2) is 38.8 Å². The summed E-state index contributed by atoms with van der Waals surface area (Å²) in [6, 6.07) is 6.67. The number of anilines is 2. The molecule has 2 atom stereocenters. The lowest BCUT2D eigenvalue weighted by Gasteiger charge is -2.27. The van der Waals surface area contributed by atoms with Gasteiger partial charge in [-0.1, -0.05) is 6.92 Å². The Morgan fingerprint density at radius 3 is 2.88 bits per heavy atom. The average Bonchev–Trinajstić information content (AvgIpc) is 3.15. The molecule has 6 nitrogen and oxygen atoms in total. The van der Waals surface area contributed by atoms with E-state index in [0.29, 0.717) is 22.9 Å². The van der Waals surface area contributed by atoms with Crippen LogP contribution in [0.4, 0.5) is 15.8 Å². The molecule has 1 aliphatic rings. The number of pyridine rings is 1. The monoisotopic (exact) mass is 355 g/mol. The zero-order chi connectivity index (χ0) is 18.4. The minimum Gasteiger partial charge on any atom is -0.397 e.